The van der Waals surface area contributed by atoms with E-state index in [0.717, 1.165) is 31.6 Å². The fourth-order valence-corrected chi connectivity index (χ4v) is 2.87. The van der Waals surface area contributed by atoms with Crippen molar-refractivity contribution in [3.05, 3.63) is 29.8 Å². The van der Waals surface area contributed by atoms with Crippen LogP contribution < -0.4 is 15.5 Å². The van der Waals surface area contributed by atoms with Crippen molar-refractivity contribution >= 4 is 11.6 Å². The Kier molecular flexibility index (Phi) is 6.25. The van der Waals surface area contributed by atoms with Crippen LogP contribution in [0.2, 0.25) is 0 Å². The Hall–Kier alpha value is -1.55. The van der Waals surface area contributed by atoms with Crippen LogP contribution in [0.3, 0.4) is 0 Å². The fourth-order valence-electron chi connectivity index (χ4n) is 2.87. The quantitative estimate of drug-likeness (QED) is 0.849. The maximum absolute atomic E-state index is 12.4. The van der Waals surface area contributed by atoms with Gasteiger partial charge in [-0.25, -0.2) is 0 Å². The Morgan fingerprint density at radius 1 is 1.36 bits per heavy atom. The third kappa shape index (κ3) is 4.47. The smallest absolute Gasteiger partial charge is 0.251 e. The highest BCUT2D eigenvalue weighted by Crippen LogP contribution is 2.16. The van der Waals surface area contributed by atoms with E-state index in [9.17, 15) is 4.79 Å². The van der Waals surface area contributed by atoms with E-state index in [-0.39, 0.29) is 11.9 Å². The van der Waals surface area contributed by atoms with Crippen LogP contribution in [0.4, 0.5) is 5.69 Å². The van der Waals surface area contributed by atoms with Gasteiger partial charge in [0.15, 0.2) is 0 Å². The number of amides is 1. The minimum Gasteiger partial charge on any atom is -0.375 e. The van der Waals surface area contributed by atoms with Crippen molar-refractivity contribution in [2.75, 3.05) is 31.6 Å². The second-order valence-corrected chi connectivity index (χ2v) is 6.37. The summed E-state index contributed by atoms with van der Waals surface area (Å²) in [6.45, 7) is 7.39. The minimum absolute atomic E-state index is 0.0431. The molecule has 0 radical (unpaired) electrons. The molecular weight excluding hydrogens is 274 g/mol. The van der Waals surface area contributed by atoms with Crippen molar-refractivity contribution in [1.29, 1.82) is 0 Å². The normalized spacial score (nSPS) is 21.4. The average molecular weight is 303 g/mol. The summed E-state index contributed by atoms with van der Waals surface area (Å²) < 4.78 is 0. The van der Waals surface area contributed by atoms with Crippen LogP contribution in [-0.4, -0.2) is 38.6 Å². The Labute approximate surface area is 134 Å². The lowest BCUT2D eigenvalue weighted by atomic mass is 9.95. The van der Waals surface area contributed by atoms with E-state index in [2.05, 4.69) is 36.4 Å². The predicted molar refractivity (Wildman–Crippen MR) is 92.5 cm³/mol. The van der Waals surface area contributed by atoms with Gasteiger partial charge in [-0.15, -0.1) is 0 Å². The summed E-state index contributed by atoms with van der Waals surface area (Å²) in [6.07, 6.45) is 3.39. The zero-order valence-electron chi connectivity index (χ0n) is 14.1. The summed E-state index contributed by atoms with van der Waals surface area (Å²) in [4.78, 5) is 14.6. The van der Waals surface area contributed by atoms with Crippen molar-refractivity contribution in [3.8, 4) is 0 Å². The van der Waals surface area contributed by atoms with E-state index in [0.29, 0.717) is 5.92 Å². The molecule has 1 amide bonds. The van der Waals surface area contributed by atoms with Gasteiger partial charge in [0.2, 0.25) is 0 Å². The summed E-state index contributed by atoms with van der Waals surface area (Å²) in [5.74, 6) is 0.527. The number of benzene rings is 1. The zero-order chi connectivity index (χ0) is 15.9. The van der Waals surface area contributed by atoms with Gasteiger partial charge in [0.25, 0.3) is 5.91 Å². The van der Waals surface area contributed by atoms with Gasteiger partial charge in [-0.1, -0.05) is 20.3 Å². The number of hydrogen-bond donors (Lipinski definition) is 2. The molecule has 0 bridgehead atoms. The van der Waals surface area contributed by atoms with Crippen molar-refractivity contribution in [3.63, 3.8) is 0 Å². The third-order valence-electron chi connectivity index (χ3n) is 4.52. The van der Waals surface area contributed by atoms with Gasteiger partial charge in [0, 0.05) is 30.9 Å². The van der Waals surface area contributed by atoms with Gasteiger partial charge in [-0.2, -0.15) is 0 Å². The number of piperidine rings is 1. The molecule has 0 saturated carbocycles. The van der Waals surface area contributed by atoms with Gasteiger partial charge in [-0.05, 0) is 56.1 Å². The van der Waals surface area contributed by atoms with Crippen LogP contribution in [0.1, 0.15) is 43.5 Å². The number of hydrogen-bond acceptors (Lipinski definition) is 3. The van der Waals surface area contributed by atoms with E-state index in [1.807, 2.05) is 24.3 Å². The first kappa shape index (κ1) is 16.8. The van der Waals surface area contributed by atoms with Crippen LogP contribution in [0.15, 0.2) is 24.3 Å². The molecule has 4 heteroatoms. The number of nitrogens with zero attached hydrogens (tertiary/aromatic N) is 1. The van der Waals surface area contributed by atoms with E-state index in [1.54, 1.807) is 0 Å². The number of anilines is 1. The highest BCUT2D eigenvalue weighted by atomic mass is 16.1. The molecule has 2 atom stereocenters. The molecule has 1 heterocycles. The molecule has 1 aliphatic heterocycles. The molecule has 4 nitrogen and oxygen atoms in total. The first-order valence-corrected chi connectivity index (χ1v) is 8.44. The van der Waals surface area contributed by atoms with E-state index in [4.69, 9.17) is 0 Å². The second-order valence-electron chi connectivity index (χ2n) is 6.37. The molecule has 122 valence electrons. The summed E-state index contributed by atoms with van der Waals surface area (Å²) in [7, 11) is 2.10. The summed E-state index contributed by atoms with van der Waals surface area (Å²) >= 11 is 0. The molecule has 2 rings (SSSR count). The predicted octanol–water partition coefficient (Wildman–Crippen LogP) is 2.65. The highest BCUT2D eigenvalue weighted by Gasteiger charge is 2.22. The van der Waals surface area contributed by atoms with Crippen LogP contribution in [0.5, 0.6) is 0 Å². The van der Waals surface area contributed by atoms with Gasteiger partial charge >= 0.3 is 0 Å². The van der Waals surface area contributed by atoms with Gasteiger partial charge in [0.05, 0.1) is 0 Å². The SMILES string of the molecule is CCCCN(C)c1ccc(C(=O)NC2CCNCC2C)cc1. The molecule has 22 heavy (non-hydrogen) atoms. The van der Waals surface area contributed by atoms with Crippen molar-refractivity contribution < 1.29 is 4.79 Å². The Balaban J connectivity index is 1.93. The largest absolute Gasteiger partial charge is 0.375 e. The lowest BCUT2D eigenvalue weighted by Crippen LogP contribution is -2.48. The van der Waals surface area contributed by atoms with Crippen LogP contribution >= 0.6 is 0 Å². The Morgan fingerprint density at radius 3 is 2.73 bits per heavy atom. The molecule has 1 aliphatic rings. The first-order valence-electron chi connectivity index (χ1n) is 8.44. The number of carbonyl (C=O) groups excluding carboxylic acids is 1. The molecule has 1 fully saturated rings. The topological polar surface area (TPSA) is 44.4 Å². The lowest BCUT2D eigenvalue weighted by Gasteiger charge is -2.30. The number of carbonyl (C=O) groups is 1. The molecule has 0 aromatic heterocycles. The summed E-state index contributed by atoms with van der Waals surface area (Å²) in [5.41, 5.74) is 1.92. The van der Waals surface area contributed by atoms with Gasteiger partial charge in [-0.3, -0.25) is 4.79 Å². The average Bonchev–Trinajstić information content (AvgIpc) is 2.55. The monoisotopic (exact) mass is 303 g/mol. The first-order chi connectivity index (χ1) is 10.6. The minimum atomic E-state index is 0.0431. The number of rotatable bonds is 6. The summed E-state index contributed by atoms with van der Waals surface area (Å²) in [5, 5.41) is 6.53. The Morgan fingerprint density at radius 2 is 2.09 bits per heavy atom. The third-order valence-corrected chi connectivity index (χ3v) is 4.52. The molecule has 1 aromatic rings. The maximum Gasteiger partial charge on any atom is 0.251 e. The van der Waals surface area contributed by atoms with Crippen molar-refractivity contribution in [1.82, 2.24) is 10.6 Å². The molecule has 1 aromatic carbocycles. The van der Waals surface area contributed by atoms with Crippen molar-refractivity contribution in [2.45, 2.75) is 39.2 Å². The van der Waals surface area contributed by atoms with Crippen LogP contribution in [0.25, 0.3) is 0 Å². The standard InChI is InChI=1S/C18H29N3O/c1-4-5-12-21(3)16-8-6-15(7-9-16)18(22)20-17-10-11-19-13-14(17)2/h6-9,14,17,19H,4-5,10-13H2,1-3H3,(H,20,22). The zero-order valence-corrected chi connectivity index (χ0v) is 14.1. The number of unbranched alkanes of at least 4 members (excludes halogenated alkanes) is 1. The number of nitrogens with one attached hydrogen (secondary N) is 2. The molecule has 2 N–H and O–H groups in total. The summed E-state index contributed by atoms with van der Waals surface area (Å²) in [6, 6.07) is 8.21. The van der Waals surface area contributed by atoms with E-state index < -0.39 is 0 Å². The maximum atomic E-state index is 12.4. The van der Waals surface area contributed by atoms with Gasteiger partial charge in [0.1, 0.15) is 0 Å². The van der Waals surface area contributed by atoms with E-state index in [1.165, 1.54) is 18.5 Å². The fraction of sp³-hybridized carbons (Fsp3) is 0.611. The molecular formula is C18H29N3O. The molecule has 0 aliphatic carbocycles. The second kappa shape index (κ2) is 8.18. The molecule has 1 saturated heterocycles. The lowest BCUT2D eigenvalue weighted by molar-refractivity contribution is 0.0914. The molecule has 0 spiro atoms. The van der Waals surface area contributed by atoms with Crippen molar-refractivity contribution in [2.24, 2.45) is 5.92 Å². The van der Waals surface area contributed by atoms with Gasteiger partial charge < -0.3 is 15.5 Å². The van der Waals surface area contributed by atoms with E-state index >= 15 is 0 Å². The van der Waals surface area contributed by atoms with Crippen LogP contribution in [0, 0.1) is 5.92 Å². The van der Waals surface area contributed by atoms with Crippen LogP contribution in [-0.2, 0) is 0 Å². The molecule has 2 unspecified atom stereocenters. The highest BCUT2D eigenvalue weighted by molar-refractivity contribution is 5.94. The Bertz CT molecular complexity index is 472.